The highest BCUT2D eigenvalue weighted by Gasteiger charge is 2.15. The lowest BCUT2D eigenvalue weighted by molar-refractivity contribution is -0.119. The number of para-hydroxylation sites is 1. The third-order valence-electron chi connectivity index (χ3n) is 3.52. The summed E-state index contributed by atoms with van der Waals surface area (Å²) in [4.78, 5) is 12.0. The van der Waals surface area contributed by atoms with E-state index >= 15 is 0 Å². The van der Waals surface area contributed by atoms with Gasteiger partial charge >= 0.3 is 0 Å². The van der Waals surface area contributed by atoms with Gasteiger partial charge in [-0.25, -0.2) is 8.42 Å². The minimum Gasteiger partial charge on any atom is -0.326 e. The summed E-state index contributed by atoms with van der Waals surface area (Å²) in [7, 11) is -3.64. The van der Waals surface area contributed by atoms with E-state index in [0.717, 1.165) is 6.42 Å². The van der Waals surface area contributed by atoms with Crippen LogP contribution in [0.15, 0.2) is 59.5 Å². The standard InChI is InChI=1S/C17H20N2O3S/c1-3-13(2)17(20)18-14-9-11-16(12-10-14)23(21,22)19-15-7-5-4-6-8-15/h4-13,19H,3H2,1-2H3,(H,18,20). The van der Waals surface area contributed by atoms with Crippen LogP contribution in [0.3, 0.4) is 0 Å². The molecule has 2 aromatic rings. The summed E-state index contributed by atoms with van der Waals surface area (Å²) in [5, 5.41) is 2.77. The van der Waals surface area contributed by atoms with Crippen LogP contribution in [-0.2, 0) is 14.8 Å². The van der Waals surface area contributed by atoms with Crippen molar-refractivity contribution in [2.24, 2.45) is 5.92 Å². The number of hydrogen-bond donors (Lipinski definition) is 2. The second kappa shape index (κ2) is 7.28. The molecule has 0 bridgehead atoms. The fourth-order valence-corrected chi connectivity index (χ4v) is 2.95. The largest absolute Gasteiger partial charge is 0.326 e. The Balaban J connectivity index is 2.11. The zero-order valence-electron chi connectivity index (χ0n) is 13.1. The number of carbonyl (C=O) groups excluding carboxylic acids is 1. The SMILES string of the molecule is CCC(C)C(=O)Nc1ccc(S(=O)(=O)Nc2ccccc2)cc1. The van der Waals surface area contributed by atoms with Gasteiger partial charge in [-0.3, -0.25) is 9.52 Å². The Kier molecular flexibility index (Phi) is 5.39. The van der Waals surface area contributed by atoms with Crippen LogP contribution in [0, 0.1) is 5.92 Å². The normalized spacial score (nSPS) is 12.4. The van der Waals surface area contributed by atoms with E-state index in [1.54, 1.807) is 36.4 Å². The molecule has 0 aliphatic heterocycles. The maximum absolute atomic E-state index is 12.3. The zero-order chi connectivity index (χ0) is 16.9. The van der Waals surface area contributed by atoms with Crippen LogP contribution >= 0.6 is 0 Å². The lowest BCUT2D eigenvalue weighted by Gasteiger charge is -2.11. The highest BCUT2D eigenvalue weighted by Crippen LogP contribution is 2.18. The van der Waals surface area contributed by atoms with E-state index in [1.165, 1.54) is 12.1 Å². The van der Waals surface area contributed by atoms with E-state index in [1.807, 2.05) is 19.9 Å². The topological polar surface area (TPSA) is 75.3 Å². The quantitative estimate of drug-likeness (QED) is 0.850. The molecule has 1 unspecified atom stereocenters. The number of rotatable bonds is 6. The van der Waals surface area contributed by atoms with Crippen molar-refractivity contribution in [2.45, 2.75) is 25.2 Å². The molecule has 0 aliphatic carbocycles. The van der Waals surface area contributed by atoms with Crippen LogP contribution < -0.4 is 10.0 Å². The van der Waals surface area contributed by atoms with Gasteiger partial charge in [0.15, 0.2) is 0 Å². The molecule has 23 heavy (non-hydrogen) atoms. The van der Waals surface area contributed by atoms with E-state index in [-0.39, 0.29) is 16.7 Å². The average molecular weight is 332 g/mol. The summed E-state index contributed by atoms with van der Waals surface area (Å²) in [5.74, 6) is -0.163. The van der Waals surface area contributed by atoms with E-state index in [4.69, 9.17) is 0 Å². The van der Waals surface area contributed by atoms with Crippen LogP contribution in [0.5, 0.6) is 0 Å². The molecule has 0 aliphatic rings. The highest BCUT2D eigenvalue weighted by atomic mass is 32.2. The Morgan fingerprint density at radius 2 is 1.61 bits per heavy atom. The van der Waals surface area contributed by atoms with E-state index in [0.29, 0.717) is 11.4 Å². The number of amides is 1. The van der Waals surface area contributed by atoms with Crippen molar-refractivity contribution >= 4 is 27.3 Å². The molecule has 0 spiro atoms. The molecule has 0 fully saturated rings. The summed E-state index contributed by atoms with van der Waals surface area (Å²) in [6, 6.07) is 14.8. The number of nitrogens with one attached hydrogen (secondary N) is 2. The Morgan fingerprint density at radius 1 is 1.00 bits per heavy atom. The van der Waals surface area contributed by atoms with Crippen molar-refractivity contribution in [3.05, 3.63) is 54.6 Å². The minimum atomic E-state index is -3.64. The summed E-state index contributed by atoms with van der Waals surface area (Å²) in [6.07, 6.45) is 0.749. The van der Waals surface area contributed by atoms with Crippen LogP contribution in [-0.4, -0.2) is 14.3 Å². The summed E-state index contributed by atoms with van der Waals surface area (Å²) < 4.78 is 27.1. The van der Waals surface area contributed by atoms with Crippen molar-refractivity contribution in [1.29, 1.82) is 0 Å². The fraction of sp³-hybridized carbons (Fsp3) is 0.235. The first-order valence-electron chi connectivity index (χ1n) is 7.41. The molecule has 0 aromatic heterocycles. The van der Waals surface area contributed by atoms with Gasteiger partial charge in [0, 0.05) is 17.3 Å². The molecule has 122 valence electrons. The number of benzene rings is 2. The number of carbonyl (C=O) groups is 1. The Morgan fingerprint density at radius 3 is 2.17 bits per heavy atom. The number of sulfonamides is 1. The molecule has 0 radical (unpaired) electrons. The number of hydrogen-bond acceptors (Lipinski definition) is 3. The van der Waals surface area contributed by atoms with Gasteiger partial charge in [0.25, 0.3) is 10.0 Å². The maximum Gasteiger partial charge on any atom is 0.261 e. The molecular weight excluding hydrogens is 312 g/mol. The molecule has 0 saturated heterocycles. The molecule has 1 amide bonds. The van der Waals surface area contributed by atoms with Gasteiger partial charge in [0.1, 0.15) is 0 Å². The van der Waals surface area contributed by atoms with Crippen LogP contribution in [0.4, 0.5) is 11.4 Å². The van der Waals surface area contributed by atoms with Crippen LogP contribution in [0.2, 0.25) is 0 Å². The second-order valence-electron chi connectivity index (χ2n) is 5.29. The summed E-state index contributed by atoms with van der Waals surface area (Å²) >= 11 is 0. The van der Waals surface area contributed by atoms with Gasteiger partial charge in [-0.15, -0.1) is 0 Å². The first-order valence-corrected chi connectivity index (χ1v) is 8.89. The van der Waals surface area contributed by atoms with E-state index in [2.05, 4.69) is 10.0 Å². The maximum atomic E-state index is 12.3. The summed E-state index contributed by atoms with van der Waals surface area (Å²) in [5.41, 5.74) is 1.08. The van der Waals surface area contributed by atoms with Crippen LogP contribution in [0.25, 0.3) is 0 Å². The molecular formula is C17H20N2O3S. The number of anilines is 2. The third-order valence-corrected chi connectivity index (χ3v) is 4.92. The van der Waals surface area contributed by atoms with E-state index < -0.39 is 10.0 Å². The molecule has 0 heterocycles. The van der Waals surface area contributed by atoms with Gasteiger partial charge < -0.3 is 5.32 Å². The van der Waals surface area contributed by atoms with Crippen molar-refractivity contribution in [1.82, 2.24) is 0 Å². The molecule has 1 atom stereocenters. The fourth-order valence-electron chi connectivity index (χ4n) is 1.89. The first-order chi connectivity index (χ1) is 10.9. The minimum absolute atomic E-state index is 0.0782. The molecule has 5 nitrogen and oxygen atoms in total. The van der Waals surface area contributed by atoms with Crippen molar-refractivity contribution in [3.8, 4) is 0 Å². The zero-order valence-corrected chi connectivity index (χ0v) is 13.9. The van der Waals surface area contributed by atoms with Gasteiger partial charge in [-0.05, 0) is 42.8 Å². The first kappa shape index (κ1) is 17.0. The van der Waals surface area contributed by atoms with Crippen molar-refractivity contribution < 1.29 is 13.2 Å². The second-order valence-corrected chi connectivity index (χ2v) is 6.98. The molecule has 6 heteroatoms. The Bertz CT molecular complexity index is 756. The van der Waals surface area contributed by atoms with Gasteiger partial charge in [-0.2, -0.15) is 0 Å². The monoisotopic (exact) mass is 332 g/mol. The molecule has 2 N–H and O–H groups in total. The molecule has 0 saturated carbocycles. The highest BCUT2D eigenvalue weighted by molar-refractivity contribution is 7.92. The lowest BCUT2D eigenvalue weighted by atomic mass is 10.1. The van der Waals surface area contributed by atoms with Crippen LogP contribution in [0.1, 0.15) is 20.3 Å². The predicted molar refractivity (Wildman–Crippen MR) is 91.8 cm³/mol. The van der Waals surface area contributed by atoms with E-state index in [9.17, 15) is 13.2 Å². The predicted octanol–water partition coefficient (Wildman–Crippen LogP) is 3.47. The smallest absolute Gasteiger partial charge is 0.261 e. The summed E-state index contributed by atoms with van der Waals surface area (Å²) in [6.45, 7) is 3.78. The Labute approximate surface area is 136 Å². The third kappa shape index (κ3) is 4.56. The van der Waals surface area contributed by atoms with Gasteiger partial charge in [0.05, 0.1) is 4.90 Å². The molecule has 2 aromatic carbocycles. The van der Waals surface area contributed by atoms with Crippen molar-refractivity contribution in [3.63, 3.8) is 0 Å². The lowest BCUT2D eigenvalue weighted by Crippen LogP contribution is -2.19. The van der Waals surface area contributed by atoms with Gasteiger partial charge in [-0.1, -0.05) is 32.0 Å². The van der Waals surface area contributed by atoms with Crippen molar-refractivity contribution in [2.75, 3.05) is 10.0 Å². The Hall–Kier alpha value is -2.34. The molecule has 2 rings (SSSR count). The average Bonchev–Trinajstić information content (AvgIpc) is 2.55. The van der Waals surface area contributed by atoms with Gasteiger partial charge in [0.2, 0.25) is 5.91 Å².